The highest BCUT2D eigenvalue weighted by atomic mass is 16.2. The summed E-state index contributed by atoms with van der Waals surface area (Å²) in [6.07, 6.45) is 6.20. The van der Waals surface area contributed by atoms with Crippen molar-refractivity contribution in [2.45, 2.75) is 19.8 Å². The first-order valence-electron chi connectivity index (χ1n) is 6.30. The molecule has 2 amide bonds. The second kappa shape index (κ2) is 5.57. The van der Waals surface area contributed by atoms with Gasteiger partial charge >= 0.3 is 0 Å². The summed E-state index contributed by atoms with van der Waals surface area (Å²) in [7, 11) is 0. The third kappa shape index (κ3) is 2.94. The van der Waals surface area contributed by atoms with E-state index < -0.39 is 0 Å². The molecular formula is C15H16N2O2. The van der Waals surface area contributed by atoms with Crippen molar-refractivity contribution in [2.24, 2.45) is 5.92 Å². The Bertz CT molecular complexity index is 528. The minimum Gasteiger partial charge on any atom is -0.326 e. The van der Waals surface area contributed by atoms with Crippen LogP contribution in [0.15, 0.2) is 24.3 Å². The van der Waals surface area contributed by atoms with Crippen LogP contribution in [0.5, 0.6) is 0 Å². The van der Waals surface area contributed by atoms with Gasteiger partial charge in [0.05, 0.1) is 0 Å². The fourth-order valence-electron chi connectivity index (χ4n) is 2.04. The van der Waals surface area contributed by atoms with Crippen LogP contribution in [-0.4, -0.2) is 18.4 Å². The predicted octanol–water partition coefficient (Wildman–Crippen LogP) is 2.02. The van der Waals surface area contributed by atoms with Crippen molar-refractivity contribution < 1.29 is 9.59 Å². The van der Waals surface area contributed by atoms with Gasteiger partial charge in [0.25, 0.3) is 0 Å². The van der Waals surface area contributed by atoms with E-state index in [4.69, 9.17) is 6.42 Å². The molecule has 1 N–H and O–H groups in total. The number of carbonyl (C=O) groups is 2. The topological polar surface area (TPSA) is 49.4 Å². The zero-order chi connectivity index (χ0) is 13.8. The number of hydrogen-bond acceptors (Lipinski definition) is 2. The Labute approximate surface area is 112 Å². The maximum absolute atomic E-state index is 11.8. The Kier molecular flexibility index (Phi) is 3.86. The molecule has 0 aliphatic carbocycles. The van der Waals surface area contributed by atoms with Crippen molar-refractivity contribution in [1.82, 2.24) is 0 Å². The first-order valence-corrected chi connectivity index (χ1v) is 6.30. The number of amides is 2. The van der Waals surface area contributed by atoms with Gasteiger partial charge in [0, 0.05) is 36.7 Å². The Morgan fingerprint density at radius 2 is 2.16 bits per heavy atom. The number of benzene rings is 1. The molecule has 4 heteroatoms. The van der Waals surface area contributed by atoms with Crippen molar-refractivity contribution in [2.75, 3.05) is 16.8 Å². The zero-order valence-corrected chi connectivity index (χ0v) is 10.8. The average Bonchev–Trinajstić information content (AvgIpc) is 2.81. The molecule has 0 aromatic heterocycles. The summed E-state index contributed by atoms with van der Waals surface area (Å²) >= 11 is 0. The largest absolute Gasteiger partial charge is 0.326 e. The summed E-state index contributed by atoms with van der Waals surface area (Å²) in [5, 5.41) is 2.77. The molecule has 98 valence electrons. The first kappa shape index (κ1) is 13.2. The lowest BCUT2D eigenvalue weighted by atomic mass is 10.1. The van der Waals surface area contributed by atoms with Gasteiger partial charge in [0.1, 0.15) is 0 Å². The number of anilines is 2. The molecule has 1 unspecified atom stereocenters. The number of rotatable bonds is 3. The molecule has 1 aromatic rings. The normalized spacial score (nSPS) is 18.2. The second-order valence-corrected chi connectivity index (χ2v) is 4.52. The first-order chi connectivity index (χ1) is 9.13. The molecular weight excluding hydrogens is 240 g/mol. The molecule has 1 atom stereocenters. The van der Waals surface area contributed by atoms with Crippen LogP contribution in [-0.2, 0) is 9.59 Å². The SMILES string of the molecule is C#CC1CC(=O)N(c2ccc(NC(=O)CC)cc2)C1. The molecule has 0 radical (unpaired) electrons. The molecule has 1 saturated heterocycles. The van der Waals surface area contributed by atoms with Crippen molar-refractivity contribution in [3.8, 4) is 12.3 Å². The molecule has 19 heavy (non-hydrogen) atoms. The van der Waals surface area contributed by atoms with Crippen LogP contribution in [0, 0.1) is 18.3 Å². The summed E-state index contributed by atoms with van der Waals surface area (Å²) in [6.45, 7) is 2.36. The molecule has 2 rings (SSSR count). The quantitative estimate of drug-likeness (QED) is 0.841. The van der Waals surface area contributed by atoms with Gasteiger partial charge in [0.15, 0.2) is 0 Å². The number of nitrogens with zero attached hydrogens (tertiary/aromatic N) is 1. The maximum atomic E-state index is 11.8. The standard InChI is InChI=1S/C15H16N2O2/c1-3-11-9-15(19)17(10-11)13-7-5-12(6-8-13)16-14(18)4-2/h1,5-8,11H,4,9-10H2,2H3,(H,16,18). The Balaban J connectivity index is 2.09. The summed E-state index contributed by atoms with van der Waals surface area (Å²) in [5.41, 5.74) is 1.55. The summed E-state index contributed by atoms with van der Waals surface area (Å²) in [5.74, 6) is 2.63. The van der Waals surface area contributed by atoms with Gasteiger partial charge in [-0.15, -0.1) is 12.3 Å². The van der Waals surface area contributed by atoms with E-state index >= 15 is 0 Å². The third-order valence-corrected chi connectivity index (χ3v) is 3.14. The van der Waals surface area contributed by atoms with Gasteiger partial charge in [0.2, 0.25) is 11.8 Å². The van der Waals surface area contributed by atoms with Gasteiger partial charge in [-0.3, -0.25) is 9.59 Å². The smallest absolute Gasteiger partial charge is 0.228 e. The van der Waals surface area contributed by atoms with Crippen molar-refractivity contribution in [3.63, 3.8) is 0 Å². The third-order valence-electron chi connectivity index (χ3n) is 3.14. The van der Waals surface area contributed by atoms with E-state index in [0.29, 0.717) is 19.4 Å². The molecule has 0 spiro atoms. The van der Waals surface area contributed by atoms with Gasteiger partial charge < -0.3 is 10.2 Å². The maximum Gasteiger partial charge on any atom is 0.228 e. The van der Waals surface area contributed by atoms with E-state index in [1.807, 2.05) is 12.1 Å². The van der Waals surface area contributed by atoms with E-state index in [-0.39, 0.29) is 17.7 Å². The van der Waals surface area contributed by atoms with Crippen LogP contribution in [0.25, 0.3) is 0 Å². The highest BCUT2D eigenvalue weighted by Crippen LogP contribution is 2.25. The molecule has 1 aromatic carbocycles. The Morgan fingerprint density at radius 1 is 1.47 bits per heavy atom. The molecule has 0 saturated carbocycles. The van der Waals surface area contributed by atoms with E-state index in [1.165, 1.54) is 0 Å². The number of nitrogens with one attached hydrogen (secondary N) is 1. The zero-order valence-electron chi connectivity index (χ0n) is 10.8. The van der Waals surface area contributed by atoms with Crippen LogP contribution in [0.4, 0.5) is 11.4 Å². The van der Waals surface area contributed by atoms with Crippen molar-refractivity contribution in [1.29, 1.82) is 0 Å². The van der Waals surface area contributed by atoms with Gasteiger partial charge in [-0.05, 0) is 24.3 Å². The van der Waals surface area contributed by atoms with Crippen LogP contribution in [0.3, 0.4) is 0 Å². The molecule has 1 aliphatic heterocycles. The van der Waals surface area contributed by atoms with Crippen LogP contribution >= 0.6 is 0 Å². The van der Waals surface area contributed by atoms with Crippen LogP contribution in [0.2, 0.25) is 0 Å². The van der Waals surface area contributed by atoms with E-state index in [2.05, 4.69) is 11.2 Å². The Hall–Kier alpha value is -2.28. The summed E-state index contributed by atoms with van der Waals surface area (Å²) in [4.78, 5) is 24.8. The van der Waals surface area contributed by atoms with Crippen molar-refractivity contribution >= 4 is 23.2 Å². The minimum absolute atomic E-state index is 0.00743. The van der Waals surface area contributed by atoms with Gasteiger partial charge in [-0.1, -0.05) is 6.92 Å². The lowest BCUT2D eigenvalue weighted by Gasteiger charge is -2.16. The predicted molar refractivity (Wildman–Crippen MR) is 74.7 cm³/mol. The highest BCUT2D eigenvalue weighted by Gasteiger charge is 2.29. The minimum atomic E-state index is -0.0302. The monoisotopic (exact) mass is 256 g/mol. The Morgan fingerprint density at radius 3 is 2.68 bits per heavy atom. The fourth-order valence-corrected chi connectivity index (χ4v) is 2.04. The number of carbonyl (C=O) groups excluding carboxylic acids is 2. The van der Waals surface area contributed by atoms with Crippen LogP contribution in [0.1, 0.15) is 19.8 Å². The average molecular weight is 256 g/mol. The number of hydrogen-bond donors (Lipinski definition) is 1. The fraction of sp³-hybridized carbons (Fsp3) is 0.333. The highest BCUT2D eigenvalue weighted by molar-refractivity contribution is 5.96. The van der Waals surface area contributed by atoms with Crippen LogP contribution < -0.4 is 10.2 Å². The van der Waals surface area contributed by atoms with E-state index in [1.54, 1.807) is 24.0 Å². The second-order valence-electron chi connectivity index (χ2n) is 4.52. The lowest BCUT2D eigenvalue weighted by molar-refractivity contribution is -0.117. The lowest BCUT2D eigenvalue weighted by Crippen LogP contribution is -2.24. The number of terminal acetylenes is 1. The molecule has 4 nitrogen and oxygen atoms in total. The molecule has 0 bridgehead atoms. The molecule has 1 heterocycles. The summed E-state index contributed by atoms with van der Waals surface area (Å²) in [6, 6.07) is 7.23. The summed E-state index contributed by atoms with van der Waals surface area (Å²) < 4.78 is 0. The van der Waals surface area contributed by atoms with E-state index in [0.717, 1.165) is 11.4 Å². The molecule has 1 fully saturated rings. The van der Waals surface area contributed by atoms with E-state index in [9.17, 15) is 9.59 Å². The molecule has 1 aliphatic rings. The van der Waals surface area contributed by atoms with Gasteiger partial charge in [-0.2, -0.15) is 0 Å². The van der Waals surface area contributed by atoms with Gasteiger partial charge in [-0.25, -0.2) is 0 Å². The van der Waals surface area contributed by atoms with Crippen molar-refractivity contribution in [3.05, 3.63) is 24.3 Å².